The quantitative estimate of drug-likeness (QED) is 0.277. The summed E-state index contributed by atoms with van der Waals surface area (Å²) in [6.07, 6.45) is 7.03. The molecule has 1 heterocycles. The van der Waals surface area contributed by atoms with E-state index in [9.17, 15) is 0 Å². The minimum Gasteiger partial charge on any atom is -0.474 e. The Balaban J connectivity index is 0.00000288. The molecule has 1 fully saturated rings. The summed E-state index contributed by atoms with van der Waals surface area (Å²) < 4.78 is 11.2. The number of hydrogen-bond donors (Lipinski definition) is 2. The van der Waals surface area contributed by atoms with E-state index >= 15 is 0 Å². The zero-order valence-corrected chi connectivity index (χ0v) is 16.9. The van der Waals surface area contributed by atoms with E-state index in [1.54, 1.807) is 7.05 Å². The maximum atomic E-state index is 5.87. The van der Waals surface area contributed by atoms with Crippen molar-refractivity contribution in [2.45, 2.75) is 45.3 Å². The van der Waals surface area contributed by atoms with Crippen LogP contribution in [0.25, 0.3) is 0 Å². The molecule has 1 aromatic rings. The molecule has 1 aliphatic carbocycles. The Morgan fingerprint density at radius 3 is 2.71 bits per heavy atom. The van der Waals surface area contributed by atoms with E-state index in [1.165, 1.54) is 12.8 Å². The van der Waals surface area contributed by atoms with Gasteiger partial charge in [0, 0.05) is 39.0 Å². The van der Waals surface area contributed by atoms with Gasteiger partial charge in [0.1, 0.15) is 6.10 Å². The van der Waals surface area contributed by atoms with Crippen LogP contribution in [-0.2, 0) is 11.3 Å². The number of aromatic nitrogens is 1. The van der Waals surface area contributed by atoms with Crippen LogP contribution in [0.3, 0.4) is 0 Å². The number of nitrogens with zero attached hydrogens (tertiary/aromatic N) is 2. The predicted octanol–water partition coefficient (Wildman–Crippen LogP) is 2.72. The molecule has 0 amide bonds. The van der Waals surface area contributed by atoms with Crippen molar-refractivity contribution >= 4 is 29.9 Å². The van der Waals surface area contributed by atoms with E-state index in [2.05, 4.69) is 20.6 Å². The third-order valence-electron chi connectivity index (χ3n) is 3.81. The van der Waals surface area contributed by atoms with E-state index in [0.29, 0.717) is 19.3 Å². The highest BCUT2D eigenvalue weighted by Gasteiger charge is 2.16. The summed E-state index contributed by atoms with van der Waals surface area (Å²) in [5.41, 5.74) is 1.09. The van der Waals surface area contributed by atoms with Crippen LogP contribution in [0.15, 0.2) is 23.3 Å². The summed E-state index contributed by atoms with van der Waals surface area (Å²) in [5, 5.41) is 6.46. The largest absolute Gasteiger partial charge is 0.474 e. The van der Waals surface area contributed by atoms with Gasteiger partial charge < -0.3 is 20.1 Å². The lowest BCUT2D eigenvalue weighted by atomic mass is 10.3. The third-order valence-corrected chi connectivity index (χ3v) is 3.81. The highest BCUT2D eigenvalue weighted by atomic mass is 127. The van der Waals surface area contributed by atoms with Crippen molar-refractivity contribution in [1.82, 2.24) is 15.6 Å². The summed E-state index contributed by atoms with van der Waals surface area (Å²) in [4.78, 5) is 8.57. The maximum absolute atomic E-state index is 5.87. The SMILES string of the molecule is CCOCCNC(=NC)NCc1ccc(OC2CCCC2)nc1.I. The molecule has 6 nitrogen and oxygen atoms in total. The van der Waals surface area contributed by atoms with Crippen LogP contribution < -0.4 is 15.4 Å². The Hall–Kier alpha value is -1.09. The smallest absolute Gasteiger partial charge is 0.213 e. The van der Waals surface area contributed by atoms with Crippen molar-refractivity contribution in [3.8, 4) is 5.88 Å². The van der Waals surface area contributed by atoms with Gasteiger partial charge in [0.05, 0.1) is 6.61 Å². The molecule has 136 valence electrons. The molecular weight excluding hydrogens is 419 g/mol. The number of ether oxygens (including phenoxy) is 2. The fourth-order valence-corrected chi connectivity index (χ4v) is 2.55. The van der Waals surface area contributed by atoms with Crippen molar-refractivity contribution < 1.29 is 9.47 Å². The zero-order chi connectivity index (χ0) is 16.3. The number of halogens is 1. The van der Waals surface area contributed by atoms with Crippen LogP contribution in [0, 0.1) is 0 Å². The average Bonchev–Trinajstić information content (AvgIpc) is 3.08. The summed E-state index contributed by atoms with van der Waals surface area (Å²) in [6.45, 7) is 4.80. The number of pyridine rings is 1. The first kappa shape index (κ1) is 21.0. The van der Waals surface area contributed by atoms with Crippen molar-refractivity contribution in [1.29, 1.82) is 0 Å². The van der Waals surface area contributed by atoms with E-state index in [-0.39, 0.29) is 24.0 Å². The van der Waals surface area contributed by atoms with E-state index in [0.717, 1.165) is 43.4 Å². The van der Waals surface area contributed by atoms with Crippen LogP contribution in [-0.4, -0.2) is 43.9 Å². The molecule has 24 heavy (non-hydrogen) atoms. The number of rotatable bonds is 8. The fourth-order valence-electron chi connectivity index (χ4n) is 2.55. The second kappa shape index (κ2) is 12.3. The molecular formula is C17H29IN4O2. The van der Waals surface area contributed by atoms with Crippen LogP contribution in [0.2, 0.25) is 0 Å². The monoisotopic (exact) mass is 448 g/mol. The van der Waals surface area contributed by atoms with Crippen molar-refractivity contribution in [3.63, 3.8) is 0 Å². The highest BCUT2D eigenvalue weighted by Crippen LogP contribution is 2.22. The Bertz CT molecular complexity index is 476. The van der Waals surface area contributed by atoms with Crippen LogP contribution >= 0.6 is 24.0 Å². The van der Waals surface area contributed by atoms with Gasteiger partial charge in [0.25, 0.3) is 0 Å². The molecule has 0 aliphatic heterocycles. The Labute approximate surface area is 161 Å². The maximum Gasteiger partial charge on any atom is 0.213 e. The minimum absolute atomic E-state index is 0. The summed E-state index contributed by atoms with van der Waals surface area (Å²) in [5.74, 6) is 1.48. The molecule has 0 saturated heterocycles. The van der Waals surface area contributed by atoms with Crippen molar-refractivity contribution in [2.24, 2.45) is 4.99 Å². The van der Waals surface area contributed by atoms with Crippen LogP contribution in [0.4, 0.5) is 0 Å². The predicted molar refractivity (Wildman–Crippen MR) is 107 cm³/mol. The molecule has 0 unspecified atom stereocenters. The molecule has 2 rings (SSSR count). The van der Waals surface area contributed by atoms with Gasteiger partial charge in [0.2, 0.25) is 5.88 Å². The Kier molecular flexibility index (Phi) is 10.7. The van der Waals surface area contributed by atoms with Gasteiger partial charge in [-0.1, -0.05) is 6.07 Å². The van der Waals surface area contributed by atoms with Gasteiger partial charge in [0.15, 0.2) is 5.96 Å². The molecule has 0 spiro atoms. The second-order valence-electron chi connectivity index (χ2n) is 5.58. The molecule has 1 saturated carbocycles. The first-order valence-corrected chi connectivity index (χ1v) is 8.45. The molecule has 1 aromatic heterocycles. The first-order chi connectivity index (χ1) is 11.3. The van der Waals surface area contributed by atoms with Gasteiger partial charge in [-0.2, -0.15) is 0 Å². The highest BCUT2D eigenvalue weighted by molar-refractivity contribution is 14.0. The Morgan fingerprint density at radius 1 is 1.29 bits per heavy atom. The van der Waals surface area contributed by atoms with Crippen molar-refractivity contribution in [3.05, 3.63) is 23.9 Å². The number of guanidine groups is 1. The normalized spacial score (nSPS) is 15.0. The lowest BCUT2D eigenvalue weighted by Gasteiger charge is -2.13. The molecule has 0 bridgehead atoms. The number of hydrogen-bond acceptors (Lipinski definition) is 4. The molecule has 0 atom stereocenters. The summed E-state index contributed by atoms with van der Waals surface area (Å²) >= 11 is 0. The number of aliphatic imine (C=N–C) groups is 1. The molecule has 0 aromatic carbocycles. The second-order valence-corrected chi connectivity index (χ2v) is 5.58. The summed E-state index contributed by atoms with van der Waals surface area (Å²) in [7, 11) is 1.76. The van der Waals surface area contributed by atoms with E-state index in [1.807, 2.05) is 25.3 Å². The van der Waals surface area contributed by atoms with Gasteiger partial charge in [-0.25, -0.2) is 4.98 Å². The zero-order valence-electron chi connectivity index (χ0n) is 14.6. The number of nitrogens with one attached hydrogen (secondary N) is 2. The lowest BCUT2D eigenvalue weighted by molar-refractivity contribution is 0.152. The third kappa shape index (κ3) is 7.65. The lowest BCUT2D eigenvalue weighted by Crippen LogP contribution is -2.38. The van der Waals surface area contributed by atoms with Crippen LogP contribution in [0.1, 0.15) is 38.2 Å². The molecule has 7 heteroatoms. The summed E-state index contributed by atoms with van der Waals surface area (Å²) in [6, 6.07) is 3.98. The van der Waals surface area contributed by atoms with Gasteiger partial charge in [-0.05, 0) is 38.2 Å². The van der Waals surface area contributed by atoms with Crippen LogP contribution in [0.5, 0.6) is 5.88 Å². The van der Waals surface area contributed by atoms with Gasteiger partial charge in [-0.3, -0.25) is 4.99 Å². The van der Waals surface area contributed by atoms with E-state index < -0.39 is 0 Å². The standard InChI is InChI=1S/C17H28N4O2.HI/c1-3-22-11-10-19-17(18-2)21-13-14-8-9-16(20-12-14)23-15-6-4-5-7-15;/h8-9,12,15H,3-7,10-11,13H2,1-2H3,(H2,18,19,21);1H. The molecule has 0 radical (unpaired) electrons. The topological polar surface area (TPSA) is 67.8 Å². The van der Waals surface area contributed by atoms with Crippen molar-refractivity contribution in [2.75, 3.05) is 26.8 Å². The fraction of sp³-hybridized carbons (Fsp3) is 0.647. The Morgan fingerprint density at radius 2 is 2.08 bits per heavy atom. The first-order valence-electron chi connectivity index (χ1n) is 8.45. The van der Waals surface area contributed by atoms with E-state index in [4.69, 9.17) is 9.47 Å². The molecule has 2 N–H and O–H groups in total. The minimum atomic E-state index is 0. The van der Waals surface area contributed by atoms with Gasteiger partial charge >= 0.3 is 0 Å². The average molecular weight is 448 g/mol. The molecule has 1 aliphatic rings. The van der Waals surface area contributed by atoms with Gasteiger partial charge in [-0.15, -0.1) is 24.0 Å².